The first-order valence-electron chi connectivity index (χ1n) is 4.87. The van der Waals surface area contributed by atoms with Gasteiger partial charge in [-0.1, -0.05) is 0 Å². The lowest BCUT2D eigenvalue weighted by Crippen LogP contribution is -2.03. The molecule has 1 aromatic heterocycles. The molecule has 0 aliphatic rings. The zero-order valence-corrected chi connectivity index (χ0v) is 9.03. The van der Waals surface area contributed by atoms with E-state index in [2.05, 4.69) is 4.98 Å². The van der Waals surface area contributed by atoms with Crippen molar-refractivity contribution in [1.29, 1.82) is 0 Å². The third kappa shape index (κ3) is 2.05. The van der Waals surface area contributed by atoms with E-state index < -0.39 is 4.92 Å². The molecule has 6 heteroatoms. The molecular formula is C11H9N3O3. The van der Waals surface area contributed by atoms with Crippen LogP contribution < -0.4 is 0 Å². The van der Waals surface area contributed by atoms with Crippen molar-refractivity contribution in [2.75, 3.05) is 0 Å². The Kier molecular flexibility index (Phi) is 2.70. The summed E-state index contributed by atoms with van der Waals surface area (Å²) in [4.78, 5) is 25.5. The third-order valence-corrected chi connectivity index (χ3v) is 2.35. The van der Waals surface area contributed by atoms with Crippen LogP contribution in [0.2, 0.25) is 0 Å². The molecule has 0 N–H and O–H groups in total. The standard InChI is InChI=1S/C11H9N3O3/c1-8(15)10-6-9(14(16)17)2-3-11(10)13-5-4-12-7-13/h2-7H,1H3. The first kappa shape index (κ1) is 11.0. The Bertz CT molecular complexity index is 576. The average molecular weight is 231 g/mol. The van der Waals surface area contributed by atoms with Gasteiger partial charge in [-0.15, -0.1) is 0 Å². The molecule has 0 aliphatic heterocycles. The van der Waals surface area contributed by atoms with Crippen LogP contribution in [0.4, 0.5) is 5.69 Å². The average Bonchev–Trinajstić information content (AvgIpc) is 2.81. The predicted octanol–water partition coefficient (Wildman–Crippen LogP) is 1.98. The first-order chi connectivity index (χ1) is 8.09. The number of non-ortho nitro benzene ring substituents is 1. The van der Waals surface area contributed by atoms with E-state index in [4.69, 9.17) is 0 Å². The van der Waals surface area contributed by atoms with Crippen molar-refractivity contribution in [1.82, 2.24) is 9.55 Å². The molecule has 0 amide bonds. The van der Waals surface area contributed by atoms with Gasteiger partial charge in [0.25, 0.3) is 5.69 Å². The molecular weight excluding hydrogens is 222 g/mol. The van der Waals surface area contributed by atoms with E-state index in [1.807, 2.05) is 0 Å². The zero-order chi connectivity index (χ0) is 12.4. The molecule has 1 aromatic carbocycles. The highest BCUT2D eigenvalue weighted by Gasteiger charge is 2.14. The molecule has 0 spiro atoms. The van der Waals surface area contributed by atoms with Gasteiger partial charge in [0.2, 0.25) is 0 Å². The first-order valence-corrected chi connectivity index (χ1v) is 4.87. The Morgan fingerprint density at radius 3 is 2.76 bits per heavy atom. The lowest BCUT2D eigenvalue weighted by atomic mass is 10.1. The number of benzene rings is 1. The maximum absolute atomic E-state index is 11.5. The van der Waals surface area contributed by atoms with E-state index in [1.54, 1.807) is 17.0 Å². The van der Waals surface area contributed by atoms with Gasteiger partial charge < -0.3 is 4.57 Å². The SMILES string of the molecule is CC(=O)c1cc([N+](=O)[O-])ccc1-n1ccnc1. The second-order valence-electron chi connectivity index (χ2n) is 3.48. The number of rotatable bonds is 3. The topological polar surface area (TPSA) is 78.0 Å². The second-order valence-corrected chi connectivity index (χ2v) is 3.48. The molecule has 0 fully saturated rings. The summed E-state index contributed by atoms with van der Waals surface area (Å²) in [6, 6.07) is 4.18. The molecule has 0 aliphatic carbocycles. The summed E-state index contributed by atoms with van der Waals surface area (Å²) >= 11 is 0. The van der Waals surface area contributed by atoms with Crippen LogP contribution in [-0.2, 0) is 0 Å². The summed E-state index contributed by atoms with van der Waals surface area (Å²) in [6.45, 7) is 1.37. The molecule has 0 atom stereocenters. The lowest BCUT2D eigenvalue weighted by molar-refractivity contribution is -0.384. The van der Waals surface area contributed by atoms with Crippen LogP contribution >= 0.6 is 0 Å². The lowest BCUT2D eigenvalue weighted by Gasteiger charge is -2.07. The Labute approximate surface area is 96.7 Å². The molecule has 17 heavy (non-hydrogen) atoms. The van der Waals surface area contributed by atoms with Crippen LogP contribution in [-0.4, -0.2) is 20.3 Å². The van der Waals surface area contributed by atoms with Crippen LogP contribution in [0.5, 0.6) is 0 Å². The summed E-state index contributed by atoms with van der Waals surface area (Å²) < 4.78 is 1.64. The summed E-state index contributed by atoms with van der Waals surface area (Å²) in [5.41, 5.74) is 0.789. The van der Waals surface area contributed by atoms with Gasteiger partial charge in [-0.25, -0.2) is 4.98 Å². The number of carbonyl (C=O) groups excluding carboxylic acids is 1. The summed E-state index contributed by atoms with van der Waals surface area (Å²) in [7, 11) is 0. The number of hydrogen-bond acceptors (Lipinski definition) is 4. The number of nitro groups is 1. The van der Waals surface area contributed by atoms with Gasteiger partial charge in [-0.05, 0) is 13.0 Å². The van der Waals surface area contributed by atoms with Crippen LogP contribution in [0.15, 0.2) is 36.9 Å². The van der Waals surface area contributed by atoms with E-state index in [1.165, 1.54) is 31.5 Å². The largest absolute Gasteiger partial charge is 0.306 e. The predicted molar refractivity (Wildman–Crippen MR) is 60.2 cm³/mol. The Morgan fingerprint density at radius 1 is 1.47 bits per heavy atom. The fourth-order valence-corrected chi connectivity index (χ4v) is 1.55. The van der Waals surface area contributed by atoms with Crippen molar-refractivity contribution < 1.29 is 9.72 Å². The zero-order valence-electron chi connectivity index (χ0n) is 9.03. The minimum absolute atomic E-state index is 0.0981. The van der Waals surface area contributed by atoms with E-state index in [9.17, 15) is 14.9 Å². The van der Waals surface area contributed by atoms with Crippen molar-refractivity contribution in [3.05, 3.63) is 52.6 Å². The maximum Gasteiger partial charge on any atom is 0.270 e. The van der Waals surface area contributed by atoms with E-state index in [-0.39, 0.29) is 11.5 Å². The molecule has 86 valence electrons. The van der Waals surface area contributed by atoms with Gasteiger partial charge in [0.05, 0.1) is 16.9 Å². The molecule has 0 saturated heterocycles. The fourth-order valence-electron chi connectivity index (χ4n) is 1.55. The van der Waals surface area contributed by atoms with Gasteiger partial charge in [0, 0.05) is 30.1 Å². The van der Waals surface area contributed by atoms with Crippen molar-refractivity contribution >= 4 is 11.5 Å². The van der Waals surface area contributed by atoms with Gasteiger partial charge in [-0.3, -0.25) is 14.9 Å². The van der Waals surface area contributed by atoms with Gasteiger partial charge in [0.15, 0.2) is 5.78 Å². The Balaban J connectivity index is 2.61. The van der Waals surface area contributed by atoms with Gasteiger partial charge in [0.1, 0.15) is 0 Å². The summed E-state index contributed by atoms with van der Waals surface area (Å²) in [5.74, 6) is -0.225. The molecule has 6 nitrogen and oxygen atoms in total. The Morgan fingerprint density at radius 2 is 2.24 bits per heavy atom. The molecule has 2 aromatic rings. The molecule has 0 unspecified atom stereocenters. The highest BCUT2D eigenvalue weighted by atomic mass is 16.6. The number of nitro benzene ring substituents is 1. The summed E-state index contributed by atoms with van der Waals surface area (Å²) in [5, 5.41) is 10.6. The van der Waals surface area contributed by atoms with Crippen molar-refractivity contribution in [3.63, 3.8) is 0 Å². The maximum atomic E-state index is 11.5. The fraction of sp³-hybridized carbons (Fsp3) is 0.0909. The third-order valence-electron chi connectivity index (χ3n) is 2.35. The number of Topliss-reactive ketones (excluding diaryl/α,β-unsaturated/α-hetero) is 1. The van der Waals surface area contributed by atoms with Crippen LogP contribution in [0.25, 0.3) is 5.69 Å². The van der Waals surface area contributed by atoms with E-state index in [0.717, 1.165) is 0 Å². The number of carbonyl (C=O) groups is 1. The molecule has 0 radical (unpaired) electrons. The summed E-state index contributed by atoms with van der Waals surface area (Å²) in [6.07, 6.45) is 4.78. The highest BCUT2D eigenvalue weighted by molar-refractivity contribution is 5.98. The quantitative estimate of drug-likeness (QED) is 0.459. The van der Waals surface area contributed by atoms with E-state index >= 15 is 0 Å². The van der Waals surface area contributed by atoms with Gasteiger partial charge >= 0.3 is 0 Å². The van der Waals surface area contributed by atoms with Crippen LogP contribution in [0.1, 0.15) is 17.3 Å². The van der Waals surface area contributed by atoms with E-state index in [0.29, 0.717) is 11.3 Å². The molecule has 0 saturated carbocycles. The van der Waals surface area contributed by atoms with Crippen LogP contribution in [0.3, 0.4) is 0 Å². The number of imidazole rings is 1. The van der Waals surface area contributed by atoms with Crippen LogP contribution in [0, 0.1) is 10.1 Å². The highest BCUT2D eigenvalue weighted by Crippen LogP contribution is 2.21. The molecule has 0 bridgehead atoms. The van der Waals surface area contributed by atoms with Gasteiger partial charge in [-0.2, -0.15) is 0 Å². The minimum Gasteiger partial charge on any atom is -0.306 e. The van der Waals surface area contributed by atoms with Crippen molar-refractivity contribution in [3.8, 4) is 5.69 Å². The van der Waals surface area contributed by atoms with Crippen molar-refractivity contribution in [2.24, 2.45) is 0 Å². The normalized spacial score (nSPS) is 10.2. The number of aromatic nitrogens is 2. The number of ketones is 1. The number of nitrogens with zero attached hydrogens (tertiary/aromatic N) is 3. The molecule has 2 rings (SSSR count). The smallest absolute Gasteiger partial charge is 0.270 e. The number of hydrogen-bond donors (Lipinski definition) is 0. The second kappa shape index (κ2) is 4.17. The monoisotopic (exact) mass is 231 g/mol. The molecule has 1 heterocycles. The minimum atomic E-state index is -0.524. The van der Waals surface area contributed by atoms with Crippen molar-refractivity contribution in [2.45, 2.75) is 6.92 Å². The Hall–Kier alpha value is -2.50.